The van der Waals surface area contributed by atoms with Gasteiger partial charge < -0.3 is 35.5 Å². The van der Waals surface area contributed by atoms with Crippen LogP contribution in [0.2, 0.25) is 0 Å². The number of aromatic nitrogens is 2. The summed E-state index contributed by atoms with van der Waals surface area (Å²) in [4.78, 5) is 62.1. The molecule has 15 heteroatoms. The summed E-state index contributed by atoms with van der Waals surface area (Å²) >= 11 is 0. The van der Waals surface area contributed by atoms with Crippen molar-refractivity contribution in [3.8, 4) is 11.1 Å². The molecule has 0 bridgehead atoms. The molecule has 54 heavy (non-hydrogen) atoms. The molecule has 5 rings (SSSR count). The maximum Gasteiger partial charge on any atom is 0.408 e. The molecular formula is C39H44F2N6O7. The number of rotatable bonds is 10. The lowest BCUT2D eigenvalue weighted by Gasteiger charge is -2.23. The van der Waals surface area contributed by atoms with E-state index in [2.05, 4.69) is 20.6 Å². The predicted octanol–water partition coefficient (Wildman–Crippen LogP) is 6.55. The van der Waals surface area contributed by atoms with Crippen molar-refractivity contribution in [3.63, 3.8) is 0 Å². The van der Waals surface area contributed by atoms with E-state index in [1.54, 1.807) is 64.6 Å². The molecule has 286 valence electrons. The largest absolute Gasteiger partial charge is 0.459 e. The number of ether oxygens (including phenoxy) is 3. The number of halogens is 2. The van der Waals surface area contributed by atoms with Crippen LogP contribution >= 0.6 is 0 Å². The van der Waals surface area contributed by atoms with Crippen molar-refractivity contribution in [1.29, 1.82) is 0 Å². The second-order valence-corrected chi connectivity index (χ2v) is 14.9. The molecule has 13 nitrogen and oxygen atoms in total. The summed E-state index contributed by atoms with van der Waals surface area (Å²) in [6, 6.07) is 13.1. The topological polar surface area (TPSA) is 175 Å². The van der Waals surface area contributed by atoms with Crippen LogP contribution in [-0.2, 0) is 38.7 Å². The van der Waals surface area contributed by atoms with Gasteiger partial charge >= 0.3 is 18.2 Å². The Balaban J connectivity index is 1.37. The summed E-state index contributed by atoms with van der Waals surface area (Å²) in [5, 5.41) is 5.42. The lowest BCUT2D eigenvalue weighted by molar-refractivity contribution is -0.147. The number of nitrogens with one attached hydrogen (secondary N) is 2. The van der Waals surface area contributed by atoms with E-state index in [1.165, 1.54) is 0 Å². The van der Waals surface area contributed by atoms with Gasteiger partial charge in [-0.05, 0) is 101 Å². The Morgan fingerprint density at radius 2 is 1.50 bits per heavy atom. The first-order chi connectivity index (χ1) is 25.4. The van der Waals surface area contributed by atoms with Crippen LogP contribution in [-0.4, -0.2) is 62.7 Å². The lowest BCUT2D eigenvalue weighted by Crippen LogP contribution is -2.44. The number of nitrogens with two attached hydrogens (primary N) is 1. The fourth-order valence-electron chi connectivity index (χ4n) is 5.84. The van der Waals surface area contributed by atoms with Gasteiger partial charge in [-0.1, -0.05) is 30.3 Å². The van der Waals surface area contributed by atoms with Crippen LogP contribution in [0.15, 0.2) is 54.6 Å². The fourth-order valence-corrected chi connectivity index (χ4v) is 5.84. The minimum Gasteiger partial charge on any atom is -0.459 e. The van der Waals surface area contributed by atoms with Crippen LogP contribution in [0.1, 0.15) is 81.6 Å². The second kappa shape index (κ2) is 16.0. The van der Waals surface area contributed by atoms with E-state index < -0.39 is 53.6 Å². The minimum absolute atomic E-state index is 0.0330. The van der Waals surface area contributed by atoms with Crippen molar-refractivity contribution in [2.24, 2.45) is 0 Å². The van der Waals surface area contributed by atoms with Gasteiger partial charge in [-0.2, -0.15) is 0 Å². The molecule has 4 aromatic rings. The summed E-state index contributed by atoms with van der Waals surface area (Å²) in [5.41, 5.74) is 7.48. The number of hydrogen-bond donors (Lipinski definition) is 3. The molecule has 0 fully saturated rings. The van der Waals surface area contributed by atoms with E-state index in [0.29, 0.717) is 29.6 Å². The van der Waals surface area contributed by atoms with Crippen LogP contribution in [0, 0.1) is 11.6 Å². The highest BCUT2D eigenvalue weighted by Gasteiger charge is 2.29. The number of alkyl carbamates (subject to hydrolysis) is 2. The number of benzene rings is 3. The number of esters is 1. The van der Waals surface area contributed by atoms with Gasteiger partial charge in [0.25, 0.3) is 5.91 Å². The number of fused-ring (bicyclic) bond motifs is 2. The zero-order valence-corrected chi connectivity index (χ0v) is 31.0. The minimum atomic E-state index is -1.22. The smallest absolute Gasteiger partial charge is 0.408 e. The van der Waals surface area contributed by atoms with Gasteiger partial charge in [0.15, 0.2) is 11.6 Å². The summed E-state index contributed by atoms with van der Waals surface area (Å²) in [7, 11) is 0. The van der Waals surface area contributed by atoms with Crippen molar-refractivity contribution in [1.82, 2.24) is 25.5 Å². The van der Waals surface area contributed by atoms with Crippen LogP contribution in [0.3, 0.4) is 0 Å². The highest BCUT2D eigenvalue weighted by Crippen LogP contribution is 2.32. The van der Waals surface area contributed by atoms with Crippen molar-refractivity contribution in [2.45, 2.75) is 91.3 Å². The molecule has 0 saturated heterocycles. The Labute approximate surface area is 311 Å². The molecule has 1 aliphatic heterocycles. The summed E-state index contributed by atoms with van der Waals surface area (Å²) < 4.78 is 45.6. The van der Waals surface area contributed by atoms with E-state index in [0.717, 1.165) is 23.3 Å². The zero-order valence-electron chi connectivity index (χ0n) is 31.0. The first-order valence-corrected chi connectivity index (χ1v) is 17.4. The van der Waals surface area contributed by atoms with Gasteiger partial charge in [0, 0.05) is 30.6 Å². The average molecular weight is 747 g/mol. The van der Waals surface area contributed by atoms with Crippen LogP contribution in [0.25, 0.3) is 22.0 Å². The van der Waals surface area contributed by atoms with E-state index >= 15 is 0 Å². The lowest BCUT2D eigenvalue weighted by atomic mass is 9.97. The number of carbonyl (C=O) groups is 4. The van der Waals surface area contributed by atoms with Crippen LogP contribution < -0.4 is 16.4 Å². The third kappa shape index (κ3) is 10.2. The Morgan fingerprint density at radius 1 is 0.870 bits per heavy atom. The Hall–Kier alpha value is -5.86. The Kier molecular flexibility index (Phi) is 11.7. The molecule has 1 aromatic heterocycles. The molecule has 1 atom stereocenters. The third-order valence-electron chi connectivity index (χ3n) is 8.18. The van der Waals surface area contributed by atoms with Crippen LogP contribution in [0.4, 0.5) is 24.3 Å². The van der Waals surface area contributed by atoms with Crippen LogP contribution in [0.5, 0.6) is 0 Å². The molecule has 3 aromatic carbocycles. The molecule has 0 unspecified atom stereocenters. The van der Waals surface area contributed by atoms with Gasteiger partial charge in [-0.3, -0.25) is 4.79 Å². The normalized spacial score (nSPS) is 13.2. The summed E-state index contributed by atoms with van der Waals surface area (Å²) in [6.45, 7) is 10.5. The van der Waals surface area contributed by atoms with Gasteiger partial charge in [0.2, 0.25) is 5.95 Å². The first kappa shape index (κ1) is 39.3. The average Bonchev–Trinajstić information content (AvgIpc) is 3.52. The molecule has 4 N–H and O–H groups in total. The van der Waals surface area contributed by atoms with E-state index in [-0.39, 0.29) is 48.1 Å². The summed E-state index contributed by atoms with van der Waals surface area (Å²) in [6.07, 6.45) is -1.25. The first-order valence-electron chi connectivity index (χ1n) is 17.4. The number of amides is 3. The van der Waals surface area contributed by atoms with Crippen molar-refractivity contribution >= 4 is 40.9 Å². The highest BCUT2D eigenvalue weighted by molar-refractivity contribution is 6.06. The summed E-state index contributed by atoms with van der Waals surface area (Å²) in [5.74, 6) is -3.70. The van der Waals surface area contributed by atoms with Crippen molar-refractivity contribution < 1.29 is 42.2 Å². The Morgan fingerprint density at radius 3 is 2.15 bits per heavy atom. The monoisotopic (exact) mass is 746 g/mol. The number of nitrogens with zero attached hydrogens (tertiary/aromatic N) is 3. The molecule has 2 heterocycles. The zero-order chi connectivity index (χ0) is 39.4. The molecule has 0 radical (unpaired) electrons. The molecule has 3 amide bonds. The SMILES string of the molecule is CC(C)(C)OC(=O)NCCC[C@H](NC(=O)OC(C)(C)C)C(=O)OCc1cc(F)c(F)cc1-c1ccc2nc(N)nc(C(=O)N3Cc4ccccc4C3)c2c1. The van der Waals surface area contributed by atoms with Gasteiger partial charge in [-0.15, -0.1) is 0 Å². The molecule has 0 spiro atoms. The van der Waals surface area contributed by atoms with Gasteiger partial charge in [0.05, 0.1) is 5.52 Å². The molecule has 1 aliphatic rings. The number of anilines is 1. The number of nitrogen functional groups attached to an aromatic ring is 1. The van der Waals surface area contributed by atoms with E-state index in [4.69, 9.17) is 19.9 Å². The number of hydrogen-bond acceptors (Lipinski definition) is 10. The van der Waals surface area contributed by atoms with Crippen molar-refractivity contribution in [3.05, 3.63) is 88.6 Å². The standard InChI is InChI=1S/C39H44F2N6O7/c1-38(2,3)53-36(50)43-15-9-12-31(45-37(51)54-39(4,5)6)34(49)52-21-25-17-28(40)29(41)18-26(25)22-13-14-30-27(16-22)32(46-35(42)44-30)33(48)47-19-23-10-7-8-11-24(23)20-47/h7-8,10-11,13-14,16-18,31H,9,12,15,19-21H2,1-6H3,(H,43,50)(H,45,51)(H2,42,44,46)/t31-/m0/s1. The number of carbonyl (C=O) groups excluding carboxylic acids is 4. The molecule has 0 aliphatic carbocycles. The van der Waals surface area contributed by atoms with E-state index in [1.807, 2.05) is 24.3 Å². The fraction of sp³-hybridized carbons (Fsp3) is 0.385. The van der Waals surface area contributed by atoms with E-state index in [9.17, 15) is 28.0 Å². The Bertz CT molecular complexity index is 2050. The molecule has 0 saturated carbocycles. The third-order valence-corrected chi connectivity index (χ3v) is 8.18. The second-order valence-electron chi connectivity index (χ2n) is 14.9. The maximum absolute atomic E-state index is 14.8. The maximum atomic E-state index is 14.8. The quantitative estimate of drug-likeness (QED) is 0.0917. The highest BCUT2D eigenvalue weighted by atomic mass is 19.2. The van der Waals surface area contributed by atoms with Crippen molar-refractivity contribution in [2.75, 3.05) is 12.3 Å². The van der Waals surface area contributed by atoms with Gasteiger partial charge in [-0.25, -0.2) is 33.1 Å². The van der Waals surface area contributed by atoms with Gasteiger partial charge in [0.1, 0.15) is 29.5 Å². The molecular weight excluding hydrogens is 702 g/mol. The predicted molar refractivity (Wildman–Crippen MR) is 196 cm³/mol.